The van der Waals surface area contributed by atoms with Gasteiger partial charge in [-0.25, -0.2) is 4.98 Å². The van der Waals surface area contributed by atoms with Gasteiger partial charge in [0.05, 0.1) is 23.9 Å². The van der Waals surface area contributed by atoms with Crippen LogP contribution in [0.25, 0.3) is 0 Å². The number of nitrogens with one attached hydrogen (secondary N) is 2. The van der Waals surface area contributed by atoms with Crippen molar-refractivity contribution in [2.24, 2.45) is 0 Å². The number of carbonyl (C=O) groups is 2. The molecule has 162 valence electrons. The monoisotopic (exact) mass is 462 g/mol. The van der Waals surface area contributed by atoms with E-state index in [0.29, 0.717) is 28.2 Å². The lowest BCUT2D eigenvalue weighted by Crippen LogP contribution is -2.47. The Hall–Kier alpha value is -1.61. The summed E-state index contributed by atoms with van der Waals surface area (Å²) in [5.41, 5.74) is 1.18. The molecule has 7 nitrogen and oxygen atoms in total. The van der Waals surface area contributed by atoms with Crippen molar-refractivity contribution in [2.75, 3.05) is 25.0 Å². The second-order valence-corrected chi connectivity index (χ2v) is 7.59. The highest BCUT2D eigenvalue weighted by Crippen LogP contribution is 2.20. The number of amides is 2. The van der Waals surface area contributed by atoms with E-state index >= 15 is 0 Å². The van der Waals surface area contributed by atoms with Crippen LogP contribution in [0.1, 0.15) is 48.0 Å². The number of hydrogen-bond donors (Lipinski definition) is 2. The van der Waals surface area contributed by atoms with Gasteiger partial charge in [0.25, 0.3) is 5.91 Å². The summed E-state index contributed by atoms with van der Waals surface area (Å²) in [4.78, 5) is 31.5. The van der Waals surface area contributed by atoms with Gasteiger partial charge < -0.3 is 14.6 Å². The topological polar surface area (TPSA) is 87.5 Å². The van der Waals surface area contributed by atoms with E-state index in [1.165, 1.54) is 17.6 Å². The first-order valence-electron chi connectivity index (χ1n) is 9.38. The molecule has 29 heavy (non-hydrogen) atoms. The molecule has 0 saturated carbocycles. The summed E-state index contributed by atoms with van der Waals surface area (Å²) in [5, 5.41) is 8.44. The van der Waals surface area contributed by atoms with Crippen molar-refractivity contribution in [1.82, 2.24) is 15.2 Å². The van der Waals surface area contributed by atoms with Crippen LogP contribution in [-0.2, 0) is 11.2 Å². The second-order valence-electron chi connectivity index (χ2n) is 6.73. The van der Waals surface area contributed by atoms with Crippen LogP contribution in [0.5, 0.6) is 0 Å². The molecule has 2 amide bonds. The first kappa shape index (κ1) is 25.4. The number of piperidine rings is 1. The second kappa shape index (κ2) is 12.2. The highest BCUT2D eigenvalue weighted by atomic mass is 35.5. The molecule has 0 bridgehead atoms. The predicted octanol–water partition coefficient (Wildman–Crippen LogP) is 3.67. The summed E-state index contributed by atoms with van der Waals surface area (Å²) >= 11 is 1.33. The van der Waals surface area contributed by atoms with E-state index in [4.69, 9.17) is 4.42 Å². The van der Waals surface area contributed by atoms with E-state index in [0.717, 1.165) is 38.9 Å². The summed E-state index contributed by atoms with van der Waals surface area (Å²) in [5.74, 6) is 0.421. The highest BCUT2D eigenvalue weighted by Gasteiger charge is 2.25. The van der Waals surface area contributed by atoms with E-state index in [1.807, 2.05) is 10.3 Å². The van der Waals surface area contributed by atoms with Crippen molar-refractivity contribution in [2.45, 2.75) is 45.6 Å². The Morgan fingerprint density at radius 1 is 1.34 bits per heavy atom. The minimum atomic E-state index is -0.254. The zero-order valence-electron chi connectivity index (χ0n) is 16.6. The molecular formula is C19H28Cl2N4O3S. The van der Waals surface area contributed by atoms with Crippen molar-refractivity contribution in [3.8, 4) is 0 Å². The number of carbonyl (C=O) groups excluding carboxylic acids is 2. The van der Waals surface area contributed by atoms with Crippen molar-refractivity contribution >= 4 is 53.1 Å². The first-order valence-corrected chi connectivity index (χ1v) is 10.3. The number of halogens is 2. The lowest BCUT2D eigenvalue weighted by molar-refractivity contribution is -0.133. The van der Waals surface area contributed by atoms with Gasteiger partial charge >= 0.3 is 0 Å². The van der Waals surface area contributed by atoms with Crippen LogP contribution in [0.4, 0.5) is 5.13 Å². The third-order valence-corrected chi connectivity index (χ3v) is 5.55. The van der Waals surface area contributed by atoms with Gasteiger partial charge in [-0.15, -0.1) is 36.2 Å². The molecule has 0 atom stereocenters. The van der Waals surface area contributed by atoms with E-state index in [2.05, 4.69) is 22.5 Å². The maximum absolute atomic E-state index is 12.8. The van der Waals surface area contributed by atoms with Gasteiger partial charge in [-0.05, 0) is 45.3 Å². The fourth-order valence-electron chi connectivity index (χ4n) is 3.36. The Morgan fingerprint density at radius 2 is 2.07 bits per heavy atom. The Morgan fingerprint density at radius 3 is 2.69 bits per heavy atom. The number of nitrogens with zero attached hydrogens (tertiary/aromatic N) is 2. The maximum Gasteiger partial charge on any atom is 0.260 e. The van der Waals surface area contributed by atoms with Crippen molar-refractivity contribution in [3.05, 3.63) is 34.7 Å². The molecule has 0 radical (unpaired) electrons. The summed E-state index contributed by atoms with van der Waals surface area (Å²) in [6.45, 7) is 6.52. The van der Waals surface area contributed by atoms with E-state index in [9.17, 15) is 9.59 Å². The SMILES string of the molecule is CCCN(C(=O)Cc1csc(NC(=O)c2ccoc2C)n1)C1CCNCC1.Cl.Cl. The molecule has 1 fully saturated rings. The molecule has 0 aliphatic carbocycles. The van der Waals surface area contributed by atoms with Crippen molar-refractivity contribution < 1.29 is 14.0 Å². The fourth-order valence-corrected chi connectivity index (χ4v) is 4.06. The maximum atomic E-state index is 12.8. The van der Waals surface area contributed by atoms with Crippen LogP contribution >= 0.6 is 36.2 Å². The Balaban J connectivity index is 0.00000210. The molecule has 3 heterocycles. The predicted molar refractivity (Wildman–Crippen MR) is 120 cm³/mol. The average Bonchev–Trinajstić information content (AvgIpc) is 3.29. The number of anilines is 1. The normalized spacial score (nSPS) is 13.9. The molecule has 1 aliphatic heterocycles. The van der Waals surface area contributed by atoms with Crippen molar-refractivity contribution in [3.63, 3.8) is 0 Å². The zero-order chi connectivity index (χ0) is 19.2. The molecule has 0 aromatic carbocycles. The van der Waals surface area contributed by atoms with E-state index in [1.54, 1.807) is 13.0 Å². The molecule has 0 unspecified atom stereocenters. The molecule has 1 saturated heterocycles. The van der Waals surface area contributed by atoms with Gasteiger partial charge in [0.15, 0.2) is 5.13 Å². The number of aromatic nitrogens is 1. The Bertz CT molecular complexity index is 790. The van der Waals surface area contributed by atoms with Crippen LogP contribution in [0.15, 0.2) is 22.1 Å². The minimum Gasteiger partial charge on any atom is -0.469 e. The average molecular weight is 463 g/mol. The van der Waals surface area contributed by atoms with Crippen LogP contribution in [0.2, 0.25) is 0 Å². The third-order valence-electron chi connectivity index (χ3n) is 4.74. The number of aryl methyl sites for hydroxylation is 1. The Labute approximate surface area is 187 Å². The van der Waals surface area contributed by atoms with Crippen molar-refractivity contribution in [1.29, 1.82) is 0 Å². The molecule has 2 aromatic rings. The standard InChI is InChI=1S/C19H26N4O3S.2ClH/c1-3-9-23(15-4-7-20-8-5-15)17(24)11-14-12-27-19(21-14)22-18(25)16-6-10-26-13(16)2;;/h6,10,12,15,20H,3-5,7-9,11H2,1-2H3,(H,21,22,25);2*1H. The van der Waals surface area contributed by atoms with Crippen LogP contribution in [0.3, 0.4) is 0 Å². The van der Waals surface area contributed by atoms with Crippen LogP contribution in [-0.4, -0.2) is 47.4 Å². The highest BCUT2D eigenvalue weighted by molar-refractivity contribution is 7.14. The molecular weight excluding hydrogens is 435 g/mol. The number of hydrogen-bond acceptors (Lipinski definition) is 6. The molecule has 2 N–H and O–H groups in total. The fraction of sp³-hybridized carbons (Fsp3) is 0.526. The van der Waals surface area contributed by atoms with Crippen LogP contribution in [0, 0.1) is 6.92 Å². The Kier molecular flexibility index (Phi) is 10.7. The number of thiazole rings is 1. The van der Waals surface area contributed by atoms with Gasteiger partial charge in [0, 0.05) is 18.0 Å². The third kappa shape index (κ3) is 6.70. The molecule has 1 aliphatic rings. The quantitative estimate of drug-likeness (QED) is 0.654. The van der Waals surface area contributed by atoms with Gasteiger partial charge in [-0.3, -0.25) is 14.9 Å². The number of rotatable bonds is 7. The number of furan rings is 1. The summed E-state index contributed by atoms with van der Waals surface area (Å²) in [6, 6.07) is 1.94. The van der Waals surface area contributed by atoms with E-state index < -0.39 is 0 Å². The van der Waals surface area contributed by atoms with E-state index in [-0.39, 0.29) is 43.0 Å². The van der Waals surface area contributed by atoms with Gasteiger partial charge in [0.2, 0.25) is 5.91 Å². The lowest BCUT2D eigenvalue weighted by atomic mass is 10.0. The molecule has 3 rings (SSSR count). The van der Waals surface area contributed by atoms with Gasteiger partial charge in [-0.2, -0.15) is 0 Å². The summed E-state index contributed by atoms with van der Waals surface area (Å²) in [6.07, 6.45) is 4.68. The molecule has 10 heteroatoms. The minimum absolute atomic E-state index is 0. The van der Waals surface area contributed by atoms with Gasteiger partial charge in [-0.1, -0.05) is 6.92 Å². The zero-order valence-corrected chi connectivity index (χ0v) is 19.1. The lowest BCUT2D eigenvalue weighted by Gasteiger charge is -2.34. The first-order chi connectivity index (χ1) is 13.1. The summed E-state index contributed by atoms with van der Waals surface area (Å²) < 4.78 is 5.16. The smallest absolute Gasteiger partial charge is 0.260 e. The molecule has 0 spiro atoms. The molecule has 2 aromatic heterocycles. The van der Waals surface area contributed by atoms with Gasteiger partial charge in [0.1, 0.15) is 5.76 Å². The van der Waals surface area contributed by atoms with Crippen LogP contribution < -0.4 is 10.6 Å². The largest absolute Gasteiger partial charge is 0.469 e. The summed E-state index contributed by atoms with van der Waals surface area (Å²) in [7, 11) is 0.